The van der Waals surface area contributed by atoms with Gasteiger partial charge in [0.25, 0.3) is 0 Å². The molecule has 0 saturated carbocycles. The fourth-order valence-electron chi connectivity index (χ4n) is 2.81. The van der Waals surface area contributed by atoms with Crippen molar-refractivity contribution in [1.29, 1.82) is 0 Å². The van der Waals surface area contributed by atoms with Gasteiger partial charge in [0, 0.05) is 19.0 Å². The number of amides is 1. The summed E-state index contributed by atoms with van der Waals surface area (Å²) >= 11 is 0. The summed E-state index contributed by atoms with van der Waals surface area (Å²) in [7, 11) is 0. The second-order valence-corrected chi connectivity index (χ2v) is 5.35. The van der Waals surface area contributed by atoms with Crippen LogP contribution < -0.4 is 5.32 Å². The van der Waals surface area contributed by atoms with Crippen LogP contribution in [0.3, 0.4) is 0 Å². The Kier molecular flexibility index (Phi) is 4.02. The van der Waals surface area contributed by atoms with E-state index in [1.165, 1.54) is 0 Å². The minimum Gasteiger partial charge on any atom is -0.342 e. The van der Waals surface area contributed by atoms with Crippen LogP contribution in [0.1, 0.15) is 39.0 Å². The molecule has 0 bridgehead atoms. The van der Waals surface area contributed by atoms with E-state index in [-0.39, 0.29) is 11.8 Å². The highest BCUT2D eigenvalue weighted by atomic mass is 19.1. The quantitative estimate of drug-likeness (QED) is 0.800. The van der Waals surface area contributed by atoms with Crippen molar-refractivity contribution in [2.24, 2.45) is 5.92 Å². The van der Waals surface area contributed by atoms with E-state index in [1.54, 1.807) is 0 Å². The molecule has 0 spiro atoms. The van der Waals surface area contributed by atoms with Crippen LogP contribution in [0.25, 0.3) is 0 Å². The van der Waals surface area contributed by atoms with Crippen LogP contribution in [0, 0.1) is 5.92 Å². The van der Waals surface area contributed by atoms with Gasteiger partial charge in [-0.3, -0.25) is 4.79 Å². The number of carbonyl (C=O) groups is 1. The predicted molar refractivity (Wildman–Crippen MR) is 65.5 cm³/mol. The number of alkyl halides is 1. The number of hydrogen-bond acceptors (Lipinski definition) is 2. The normalized spacial score (nSPS) is 25.9. The number of piperidine rings is 2. The van der Waals surface area contributed by atoms with Crippen molar-refractivity contribution in [3.8, 4) is 0 Å². The molecule has 0 unspecified atom stereocenters. The summed E-state index contributed by atoms with van der Waals surface area (Å²) in [5.74, 6) is 0.426. The zero-order valence-corrected chi connectivity index (χ0v) is 10.7. The van der Waals surface area contributed by atoms with E-state index in [1.807, 2.05) is 11.8 Å². The third kappa shape index (κ3) is 2.97. The van der Waals surface area contributed by atoms with Crippen LogP contribution in [-0.2, 0) is 4.79 Å². The molecule has 0 aromatic carbocycles. The molecule has 0 atom stereocenters. The van der Waals surface area contributed by atoms with Crippen molar-refractivity contribution in [2.45, 2.75) is 44.7 Å². The molecule has 98 valence electrons. The molecule has 0 radical (unpaired) electrons. The molecule has 4 heteroatoms. The van der Waals surface area contributed by atoms with Crippen molar-refractivity contribution in [3.05, 3.63) is 0 Å². The van der Waals surface area contributed by atoms with Crippen LogP contribution in [0.5, 0.6) is 0 Å². The van der Waals surface area contributed by atoms with E-state index in [4.69, 9.17) is 0 Å². The van der Waals surface area contributed by atoms with Gasteiger partial charge in [-0.05, 0) is 45.2 Å². The highest BCUT2D eigenvalue weighted by molar-refractivity contribution is 5.79. The van der Waals surface area contributed by atoms with Gasteiger partial charge in [0.2, 0.25) is 5.91 Å². The lowest BCUT2D eigenvalue weighted by Gasteiger charge is -2.38. The zero-order chi connectivity index (χ0) is 12.3. The Hall–Kier alpha value is -0.640. The smallest absolute Gasteiger partial charge is 0.225 e. The summed E-state index contributed by atoms with van der Waals surface area (Å²) in [6.45, 7) is 4.98. The number of nitrogens with zero attached hydrogens (tertiary/aromatic N) is 1. The first-order valence-electron chi connectivity index (χ1n) is 6.83. The average Bonchev–Trinajstić information content (AvgIpc) is 2.40. The molecule has 1 N–H and O–H groups in total. The van der Waals surface area contributed by atoms with Crippen LogP contribution in [0.2, 0.25) is 0 Å². The van der Waals surface area contributed by atoms with Crippen LogP contribution in [0.15, 0.2) is 0 Å². The highest BCUT2D eigenvalue weighted by Gasteiger charge is 2.36. The highest BCUT2D eigenvalue weighted by Crippen LogP contribution is 2.30. The maximum Gasteiger partial charge on any atom is 0.225 e. The fourth-order valence-corrected chi connectivity index (χ4v) is 2.81. The summed E-state index contributed by atoms with van der Waals surface area (Å²) in [6, 6.07) is 0. The van der Waals surface area contributed by atoms with Crippen LogP contribution in [0.4, 0.5) is 4.39 Å². The third-order valence-corrected chi connectivity index (χ3v) is 4.29. The van der Waals surface area contributed by atoms with E-state index < -0.39 is 5.67 Å². The molecule has 0 aromatic rings. The summed E-state index contributed by atoms with van der Waals surface area (Å²) in [5, 5.41) is 3.26. The van der Waals surface area contributed by atoms with Gasteiger partial charge in [-0.25, -0.2) is 4.39 Å². The number of nitrogens with one attached hydrogen (secondary N) is 1. The number of halogens is 1. The van der Waals surface area contributed by atoms with E-state index in [0.29, 0.717) is 32.4 Å². The standard InChI is InChI=1S/C13H23FN2O/c1-2-13(14)5-9-16(10-6-13)12(17)11-3-7-15-8-4-11/h11,15H,2-10H2,1H3. The van der Waals surface area contributed by atoms with Gasteiger partial charge in [-0.15, -0.1) is 0 Å². The minimum atomic E-state index is -1.02. The predicted octanol–water partition coefficient (Wildman–Crippen LogP) is 1.73. The van der Waals surface area contributed by atoms with E-state index in [9.17, 15) is 9.18 Å². The lowest BCUT2D eigenvalue weighted by molar-refractivity contribution is -0.139. The SMILES string of the molecule is CCC1(F)CCN(C(=O)C2CCNCC2)CC1. The zero-order valence-electron chi connectivity index (χ0n) is 10.7. The Morgan fingerprint density at radius 1 is 1.35 bits per heavy atom. The number of likely N-dealkylation sites (tertiary alicyclic amines) is 1. The summed E-state index contributed by atoms with van der Waals surface area (Å²) in [5.41, 5.74) is -1.02. The Balaban J connectivity index is 1.85. The minimum absolute atomic E-state index is 0.171. The Labute approximate surface area is 103 Å². The number of hydrogen-bond donors (Lipinski definition) is 1. The first kappa shape index (κ1) is 12.8. The van der Waals surface area contributed by atoms with Crippen LogP contribution >= 0.6 is 0 Å². The molecule has 2 heterocycles. The van der Waals surface area contributed by atoms with Gasteiger partial charge in [0.15, 0.2) is 0 Å². The molecule has 3 nitrogen and oxygen atoms in total. The molecule has 1 amide bonds. The average molecular weight is 242 g/mol. The van der Waals surface area contributed by atoms with Gasteiger partial charge in [0.1, 0.15) is 5.67 Å². The van der Waals surface area contributed by atoms with Crippen molar-refractivity contribution >= 4 is 5.91 Å². The second kappa shape index (κ2) is 5.34. The molecule has 0 aromatic heterocycles. The molecule has 2 saturated heterocycles. The molecule has 2 aliphatic rings. The van der Waals surface area contributed by atoms with Gasteiger partial charge < -0.3 is 10.2 Å². The number of carbonyl (C=O) groups excluding carboxylic acids is 1. The number of rotatable bonds is 2. The molecule has 0 aliphatic carbocycles. The van der Waals surface area contributed by atoms with Gasteiger partial charge in [-0.1, -0.05) is 6.92 Å². The molecule has 2 rings (SSSR count). The monoisotopic (exact) mass is 242 g/mol. The first-order chi connectivity index (χ1) is 8.14. The Morgan fingerprint density at radius 3 is 2.47 bits per heavy atom. The lowest BCUT2D eigenvalue weighted by atomic mass is 9.89. The fraction of sp³-hybridized carbons (Fsp3) is 0.923. The van der Waals surface area contributed by atoms with E-state index in [2.05, 4.69) is 5.32 Å². The molecular weight excluding hydrogens is 219 g/mol. The van der Waals surface area contributed by atoms with Gasteiger partial charge in [-0.2, -0.15) is 0 Å². The van der Waals surface area contributed by atoms with Crippen molar-refractivity contribution in [1.82, 2.24) is 10.2 Å². The molecule has 17 heavy (non-hydrogen) atoms. The summed E-state index contributed by atoms with van der Waals surface area (Å²) in [4.78, 5) is 14.1. The van der Waals surface area contributed by atoms with E-state index in [0.717, 1.165) is 25.9 Å². The molecule has 2 aliphatic heterocycles. The van der Waals surface area contributed by atoms with Gasteiger partial charge >= 0.3 is 0 Å². The molecular formula is C13H23FN2O. The Morgan fingerprint density at radius 2 is 1.94 bits per heavy atom. The first-order valence-corrected chi connectivity index (χ1v) is 6.83. The van der Waals surface area contributed by atoms with Crippen molar-refractivity contribution < 1.29 is 9.18 Å². The topological polar surface area (TPSA) is 32.3 Å². The maximum atomic E-state index is 14.0. The van der Waals surface area contributed by atoms with Crippen molar-refractivity contribution in [3.63, 3.8) is 0 Å². The summed E-state index contributed by atoms with van der Waals surface area (Å²) in [6.07, 6.45) is 3.47. The molecule has 2 fully saturated rings. The van der Waals surface area contributed by atoms with Gasteiger partial charge in [0.05, 0.1) is 0 Å². The Bertz CT molecular complexity index is 269. The van der Waals surface area contributed by atoms with Crippen LogP contribution in [-0.4, -0.2) is 42.7 Å². The van der Waals surface area contributed by atoms with E-state index >= 15 is 0 Å². The van der Waals surface area contributed by atoms with Crippen molar-refractivity contribution in [2.75, 3.05) is 26.2 Å². The largest absolute Gasteiger partial charge is 0.342 e. The third-order valence-electron chi connectivity index (χ3n) is 4.29. The summed E-state index contributed by atoms with van der Waals surface area (Å²) < 4.78 is 14.0. The maximum absolute atomic E-state index is 14.0. The second-order valence-electron chi connectivity index (χ2n) is 5.35. The lowest BCUT2D eigenvalue weighted by Crippen LogP contribution is -2.48.